The molecule has 0 amide bonds. The molecule has 12 heavy (non-hydrogen) atoms. The Hall–Kier alpha value is -0.930. The van der Waals surface area contributed by atoms with E-state index in [0.717, 1.165) is 13.0 Å². The fraction of sp³-hybridized carbons (Fsp3) is 0.875. The Morgan fingerprint density at radius 3 is 2.75 bits per heavy atom. The number of likely N-dealkylation sites (tertiary alicyclic amines) is 1. The van der Waals surface area contributed by atoms with Crippen LogP contribution in [0.3, 0.4) is 0 Å². The van der Waals surface area contributed by atoms with Gasteiger partial charge in [0.25, 0.3) is 0 Å². The Morgan fingerprint density at radius 1 is 1.50 bits per heavy atom. The SMILES string of the molecule is CC1CCC(C)N(/C(N)=N/O)C1. The molecule has 4 nitrogen and oxygen atoms in total. The second-order valence-corrected chi connectivity index (χ2v) is 3.64. The summed E-state index contributed by atoms with van der Waals surface area (Å²) >= 11 is 0. The van der Waals surface area contributed by atoms with Crippen LogP contribution in [0.15, 0.2) is 5.16 Å². The molecule has 1 saturated heterocycles. The van der Waals surface area contributed by atoms with Crippen molar-refractivity contribution in [3.63, 3.8) is 0 Å². The first kappa shape index (κ1) is 9.16. The van der Waals surface area contributed by atoms with Crippen LogP contribution in [-0.2, 0) is 0 Å². The van der Waals surface area contributed by atoms with Crippen LogP contribution in [0.5, 0.6) is 0 Å². The zero-order valence-corrected chi connectivity index (χ0v) is 7.70. The minimum Gasteiger partial charge on any atom is -0.408 e. The quantitative estimate of drug-likeness (QED) is 0.245. The van der Waals surface area contributed by atoms with E-state index < -0.39 is 0 Å². The largest absolute Gasteiger partial charge is 0.408 e. The van der Waals surface area contributed by atoms with E-state index in [9.17, 15) is 0 Å². The molecule has 0 aromatic heterocycles. The lowest BCUT2D eigenvalue weighted by Gasteiger charge is -2.36. The van der Waals surface area contributed by atoms with Gasteiger partial charge in [0.2, 0.25) is 5.96 Å². The average molecular weight is 171 g/mol. The van der Waals surface area contributed by atoms with E-state index in [2.05, 4.69) is 19.0 Å². The van der Waals surface area contributed by atoms with Crippen LogP contribution in [0.2, 0.25) is 0 Å². The van der Waals surface area contributed by atoms with Gasteiger partial charge in [-0.1, -0.05) is 12.1 Å². The van der Waals surface area contributed by atoms with Crippen LogP contribution in [0, 0.1) is 5.92 Å². The highest BCUT2D eigenvalue weighted by Gasteiger charge is 2.24. The molecule has 0 saturated carbocycles. The molecule has 2 unspecified atom stereocenters. The Bertz CT molecular complexity index is 181. The van der Waals surface area contributed by atoms with E-state index in [-0.39, 0.29) is 5.96 Å². The maximum atomic E-state index is 8.51. The van der Waals surface area contributed by atoms with Crippen molar-refractivity contribution in [2.24, 2.45) is 16.8 Å². The molecule has 1 heterocycles. The third kappa shape index (κ3) is 1.81. The van der Waals surface area contributed by atoms with Crippen LogP contribution >= 0.6 is 0 Å². The molecule has 0 aromatic carbocycles. The fourth-order valence-electron chi connectivity index (χ4n) is 1.67. The van der Waals surface area contributed by atoms with Crippen LogP contribution in [0.25, 0.3) is 0 Å². The Labute approximate surface area is 73.0 Å². The Kier molecular flexibility index (Phi) is 2.78. The summed E-state index contributed by atoms with van der Waals surface area (Å²) in [6, 6.07) is 0.400. The first-order valence-electron chi connectivity index (χ1n) is 4.39. The van der Waals surface area contributed by atoms with Crippen LogP contribution in [-0.4, -0.2) is 28.7 Å². The summed E-state index contributed by atoms with van der Waals surface area (Å²) in [5.74, 6) is 0.885. The van der Waals surface area contributed by atoms with Gasteiger partial charge in [-0.05, 0) is 25.7 Å². The van der Waals surface area contributed by atoms with E-state index in [1.165, 1.54) is 6.42 Å². The molecular weight excluding hydrogens is 154 g/mol. The number of piperidine rings is 1. The second kappa shape index (κ2) is 3.65. The maximum absolute atomic E-state index is 8.51. The monoisotopic (exact) mass is 171 g/mol. The second-order valence-electron chi connectivity index (χ2n) is 3.64. The number of nitrogens with zero attached hydrogens (tertiary/aromatic N) is 2. The van der Waals surface area contributed by atoms with E-state index in [4.69, 9.17) is 10.9 Å². The molecule has 0 aromatic rings. The highest BCUT2D eigenvalue weighted by atomic mass is 16.4. The number of oxime groups is 1. The summed E-state index contributed by atoms with van der Waals surface area (Å²) in [6.45, 7) is 5.19. The van der Waals surface area contributed by atoms with Crippen LogP contribution < -0.4 is 5.73 Å². The lowest BCUT2D eigenvalue weighted by atomic mass is 9.95. The third-order valence-corrected chi connectivity index (χ3v) is 2.51. The zero-order valence-electron chi connectivity index (χ0n) is 7.70. The standard InChI is InChI=1S/C8H17N3O/c1-6-3-4-7(2)11(5-6)8(9)10-12/h6-7,12H,3-5H2,1-2H3,(H2,9,10). The number of nitrogens with two attached hydrogens (primary N) is 1. The number of guanidine groups is 1. The van der Waals surface area contributed by atoms with Crippen molar-refractivity contribution in [3.05, 3.63) is 0 Å². The molecule has 1 aliphatic heterocycles. The molecular formula is C8H17N3O. The maximum Gasteiger partial charge on any atom is 0.233 e. The van der Waals surface area contributed by atoms with Gasteiger partial charge < -0.3 is 15.8 Å². The molecule has 70 valence electrons. The van der Waals surface area contributed by atoms with Crippen molar-refractivity contribution in [2.45, 2.75) is 32.7 Å². The molecule has 2 atom stereocenters. The van der Waals surface area contributed by atoms with Gasteiger partial charge in [-0.25, -0.2) is 0 Å². The summed E-state index contributed by atoms with van der Waals surface area (Å²) in [4.78, 5) is 1.95. The molecule has 0 bridgehead atoms. The molecule has 1 aliphatic rings. The van der Waals surface area contributed by atoms with Crippen molar-refractivity contribution >= 4 is 5.96 Å². The van der Waals surface area contributed by atoms with Gasteiger partial charge in [0.1, 0.15) is 0 Å². The fourth-order valence-corrected chi connectivity index (χ4v) is 1.67. The van der Waals surface area contributed by atoms with Gasteiger partial charge in [0, 0.05) is 12.6 Å². The average Bonchev–Trinajstić information content (AvgIpc) is 2.08. The number of hydrogen-bond acceptors (Lipinski definition) is 2. The van der Waals surface area contributed by atoms with Gasteiger partial charge in [-0.15, -0.1) is 0 Å². The number of rotatable bonds is 0. The van der Waals surface area contributed by atoms with Gasteiger partial charge in [-0.2, -0.15) is 0 Å². The van der Waals surface area contributed by atoms with Crippen molar-refractivity contribution in [2.75, 3.05) is 6.54 Å². The molecule has 4 heteroatoms. The van der Waals surface area contributed by atoms with Gasteiger partial charge >= 0.3 is 0 Å². The lowest BCUT2D eigenvalue weighted by Crippen LogP contribution is -2.48. The summed E-state index contributed by atoms with van der Waals surface area (Å²) in [5, 5.41) is 11.5. The molecule has 0 radical (unpaired) electrons. The zero-order chi connectivity index (χ0) is 9.14. The van der Waals surface area contributed by atoms with Gasteiger partial charge in [-0.3, -0.25) is 0 Å². The van der Waals surface area contributed by atoms with Gasteiger partial charge in [0.05, 0.1) is 0 Å². The molecule has 0 aliphatic carbocycles. The van der Waals surface area contributed by atoms with Crippen molar-refractivity contribution in [1.82, 2.24) is 4.90 Å². The topological polar surface area (TPSA) is 61.8 Å². The first-order valence-corrected chi connectivity index (χ1v) is 4.39. The van der Waals surface area contributed by atoms with Crippen molar-refractivity contribution in [1.29, 1.82) is 0 Å². The van der Waals surface area contributed by atoms with Gasteiger partial charge in [0.15, 0.2) is 0 Å². The summed E-state index contributed by atoms with van der Waals surface area (Å²) < 4.78 is 0. The van der Waals surface area contributed by atoms with E-state index in [1.807, 2.05) is 4.90 Å². The minimum absolute atomic E-state index is 0.244. The summed E-state index contributed by atoms with van der Waals surface area (Å²) in [7, 11) is 0. The Morgan fingerprint density at radius 2 is 2.17 bits per heavy atom. The van der Waals surface area contributed by atoms with E-state index in [1.54, 1.807) is 0 Å². The molecule has 0 spiro atoms. The third-order valence-electron chi connectivity index (χ3n) is 2.51. The smallest absolute Gasteiger partial charge is 0.233 e. The number of hydrogen-bond donors (Lipinski definition) is 2. The normalized spacial score (nSPS) is 32.2. The van der Waals surface area contributed by atoms with E-state index in [0.29, 0.717) is 12.0 Å². The summed E-state index contributed by atoms with van der Waals surface area (Å²) in [5.41, 5.74) is 5.53. The predicted molar refractivity (Wildman–Crippen MR) is 48.0 cm³/mol. The first-order chi connectivity index (χ1) is 5.65. The van der Waals surface area contributed by atoms with Crippen LogP contribution in [0.1, 0.15) is 26.7 Å². The summed E-state index contributed by atoms with van der Waals surface area (Å²) in [6.07, 6.45) is 2.35. The predicted octanol–water partition coefficient (Wildman–Crippen LogP) is 0.811. The minimum atomic E-state index is 0.244. The highest BCUT2D eigenvalue weighted by Crippen LogP contribution is 2.20. The van der Waals surface area contributed by atoms with E-state index >= 15 is 0 Å². The Balaban J connectivity index is 2.60. The lowest BCUT2D eigenvalue weighted by molar-refractivity contribution is 0.194. The highest BCUT2D eigenvalue weighted by molar-refractivity contribution is 5.77. The molecule has 1 fully saturated rings. The molecule has 1 rings (SSSR count). The van der Waals surface area contributed by atoms with Crippen LogP contribution in [0.4, 0.5) is 0 Å². The van der Waals surface area contributed by atoms with Crippen molar-refractivity contribution in [3.8, 4) is 0 Å². The van der Waals surface area contributed by atoms with Crippen molar-refractivity contribution < 1.29 is 5.21 Å². The molecule has 3 N–H and O–H groups in total.